The molecule has 1 N–H and O–H groups in total. The summed E-state index contributed by atoms with van der Waals surface area (Å²) in [7, 11) is 0. The maximum Gasteiger partial charge on any atom is 0.274 e. The first kappa shape index (κ1) is 15.1. The number of rotatable bonds is 4. The number of aromatic nitrogens is 3. The van der Waals surface area contributed by atoms with E-state index in [4.69, 9.17) is 4.52 Å². The zero-order valence-electron chi connectivity index (χ0n) is 13.6. The number of carbonyl (C=O) groups is 1. The van der Waals surface area contributed by atoms with Crippen molar-refractivity contribution in [3.8, 4) is 0 Å². The van der Waals surface area contributed by atoms with Gasteiger partial charge in [-0.2, -0.15) is 0 Å². The van der Waals surface area contributed by atoms with E-state index in [1.165, 1.54) is 12.8 Å². The molecule has 4 rings (SSSR count). The number of hydrogen-bond acceptors (Lipinski definition) is 6. The van der Waals surface area contributed by atoms with Crippen LogP contribution in [0.25, 0.3) is 0 Å². The predicted molar refractivity (Wildman–Crippen MR) is 87.8 cm³/mol. The highest BCUT2D eigenvalue weighted by Crippen LogP contribution is 2.24. The summed E-state index contributed by atoms with van der Waals surface area (Å²) >= 11 is 0. The molecule has 0 bridgehead atoms. The fourth-order valence-electron chi connectivity index (χ4n) is 3.40. The van der Waals surface area contributed by atoms with Gasteiger partial charge in [-0.1, -0.05) is 5.16 Å². The van der Waals surface area contributed by atoms with Crippen LogP contribution in [-0.4, -0.2) is 34.1 Å². The number of nitrogens with one attached hydrogen (secondary N) is 1. The van der Waals surface area contributed by atoms with Crippen molar-refractivity contribution in [1.82, 2.24) is 20.4 Å². The lowest BCUT2D eigenvalue weighted by Crippen LogP contribution is -2.26. The Bertz CT molecular complexity index is 736. The molecule has 1 fully saturated rings. The summed E-state index contributed by atoms with van der Waals surface area (Å²) in [5.41, 5.74) is 1.38. The van der Waals surface area contributed by atoms with E-state index in [1.807, 2.05) is 6.07 Å². The zero-order chi connectivity index (χ0) is 16.4. The minimum absolute atomic E-state index is 0.211. The molecule has 0 radical (unpaired) electrons. The van der Waals surface area contributed by atoms with Crippen molar-refractivity contribution in [3.05, 3.63) is 35.1 Å². The molecule has 0 aromatic carbocycles. The van der Waals surface area contributed by atoms with Gasteiger partial charge in [0, 0.05) is 31.3 Å². The molecule has 0 spiro atoms. The average molecular weight is 327 g/mol. The molecule has 2 aromatic heterocycles. The first-order valence-corrected chi connectivity index (χ1v) is 8.64. The van der Waals surface area contributed by atoms with Crippen molar-refractivity contribution in [2.75, 3.05) is 18.0 Å². The van der Waals surface area contributed by atoms with Crippen LogP contribution < -0.4 is 10.2 Å². The summed E-state index contributed by atoms with van der Waals surface area (Å²) in [6.45, 7) is 2.37. The van der Waals surface area contributed by atoms with E-state index in [1.54, 1.807) is 6.20 Å². The van der Waals surface area contributed by atoms with Gasteiger partial charge in [0.15, 0.2) is 5.69 Å². The van der Waals surface area contributed by atoms with Gasteiger partial charge in [-0.3, -0.25) is 4.79 Å². The van der Waals surface area contributed by atoms with E-state index in [-0.39, 0.29) is 5.91 Å². The lowest BCUT2D eigenvalue weighted by atomic mass is 9.96. The van der Waals surface area contributed by atoms with Crippen LogP contribution in [0.1, 0.15) is 53.3 Å². The van der Waals surface area contributed by atoms with Crippen LogP contribution >= 0.6 is 0 Å². The Morgan fingerprint density at radius 3 is 2.92 bits per heavy atom. The third-order valence-electron chi connectivity index (χ3n) is 4.69. The molecule has 0 unspecified atom stereocenters. The third kappa shape index (κ3) is 2.98. The van der Waals surface area contributed by atoms with Gasteiger partial charge in [-0.25, -0.2) is 9.97 Å². The van der Waals surface area contributed by atoms with Gasteiger partial charge in [0.2, 0.25) is 0 Å². The van der Waals surface area contributed by atoms with Gasteiger partial charge >= 0.3 is 0 Å². The van der Waals surface area contributed by atoms with Crippen molar-refractivity contribution < 1.29 is 9.32 Å². The second-order valence-electron chi connectivity index (χ2n) is 6.35. The predicted octanol–water partition coefficient (Wildman–Crippen LogP) is 1.87. The molecule has 0 saturated carbocycles. The molecule has 7 nitrogen and oxygen atoms in total. The molecule has 3 heterocycles. The summed E-state index contributed by atoms with van der Waals surface area (Å²) in [5, 5.41) is 6.82. The average Bonchev–Trinajstić information content (AvgIpc) is 3.29. The zero-order valence-corrected chi connectivity index (χ0v) is 13.6. The number of hydrogen-bond donors (Lipinski definition) is 1. The molecule has 1 amide bonds. The summed E-state index contributed by atoms with van der Waals surface area (Å²) in [6, 6.07) is 1.92. The Kier molecular flexibility index (Phi) is 4.15. The minimum Gasteiger partial charge on any atom is -0.360 e. The van der Waals surface area contributed by atoms with Crippen LogP contribution in [-0.2, 0) is 19.4 Å². The molecule has 1 aliphatic heterocycles. The van der Waals surface area contributed by atoms with Crippen LogP contribution in [0.15, 0.2) is 16.8 Å². The number of nitrogens with zero attached hydrogens (tertiary/aromatic N) is 4. The third-order valence-corrected chi connectivity index (χ3v) is 4.69. The van der Waals surface area contributed by atoms with Gasteiger partial charge in [0.05, 0.1) is 6.54 Å². The Labute approximate surface area is 140 Å². The highest BCUT2D eigenvalue weighted by molar-refractivity contribution is 5.93. The first-order chi connectivity index (χ1) is 11.8. The summed E-state index contributed by atoms with van der Waals surface area (Å²) in [6.07, 6.45) is 8.07. The van der Waals surface area contributed by atoms with Gasteiger partial charge in [-0.15, -0.1) is 0 Å². The molecule has 24 heavy (non-hydrogen) atoms. The van der Waals surface area contributed by atoms with E-state index < -0.39 is 0 Å². The van der Waals surface area contributed by atoms with Crippen LogP contribution in [0, 0.1) is 0 Å². The fourth-order valence-corrected chi connectivity index (χ4v) is 3.40. The topological polar surface area (TPSA) is 84.2 Å². The maximum absolute atomic E-state index is 12.4. The number of fused-ring (bicyclic) bond motifs is 1. The second kappa shape index (κ2) is 6.59. The Morgan fingerprint density at radius 1 is 1.21 bits per heavy atom. The highest BCUT2D eigenvalue weighted by atomic mass is 16.5. The van der Waals surface area contributed by atoms with Crippen molar-refractivity contribution in [3.63, 3.8) is 0 Å². The Hall–Kier alpha value is -2.44. The molecule has 2 aromatic rings. The summed E-state index contributed by atoms with van der Waals surface area (Å²) in [5.74, 6) is 2.20. The molecule has 1 saturated heterocycles. The standard InChI is InChI=1S/C17H21N5O2/c23-17(16-12-5-1-2-6-13(12)24-21-16)19-11-14-18-8-7-15(20-14)22-9-3-4-10-22/h7-8H,1-6,9-11H2,(H,19,23). The SMILES string of the molecule is O=C(NCc1nccc(N2CCCC2)n1)c1noc2c1CCCC2. The summed E-state index contributed by atoms with van der Waals surface area (Å²) < 4.78 is 5.30. The normalized spacial score (nSPS) is 16.9. The number of anilines is 1. The molecule has 2 aliphatic rings. The minimum atomic E-state index is -0.211. The Balaban J connectivity index is 1.42. The smallest absolute Gasteiger partial charge is 0.274 e. The van der Waals surface area contributed by atoms with Crippen molar-refractivity contribution in [2.45, 2.75) is 45.1 Å². The molecular formula is C17H21N5O2. The van der Waals surface area contributed by atoms with Crippen molar-refractivity contribution >= 4 is 11.7 Å². The molecule has 0 atom stereocenters. The van der Waals surface area contributed by atoms with Crippen LogP contribution in [0.5, 0.6) is 0 Å². The van der Waals surface area contributed by atoms with Crippen molar-refractivity contribution in [1.29, 1.82) is 0 Å². The van der Waals surface area contributed by atoms with E-state index in [0.717, 1.165) is 55.9 Å². The molecule has 7 heteroatoms. The Morgan fingerprint density at radius 2 is 2.04 bits per heavy atom. The lowest BCUT2D eigenvalue weighted by molar-refractivity contribution is 0.0940. The summed E-state index contributed by atoms with van der Waals surface area (Å²) in [4.78, 5) is 23.5. The van der Waals surface area contributed by atoms with Crippen molar-refractivity contribution in [2.24, 2.45) is 0 Å². The van der Waals surface area contributed by atoms with E-state index in [0.29, 0.717) is 18.1 Å². The second-order valence-corrected chi connectivity index (χ2v) is 6.35. The van der Waals surface area contributed by atoms with Gasteiger partial charge in [0.1, 0.15) is 17.4 Å². The maximum atomic E-state index is 12.4. The van der Waals surface area contributed by atoms with Crippen LogP contribution in [0.3, 0.4) is 0 Å². The van der Waals surface area contributed by atoms with E-state index in [2.05, 4.69) is 25.3 Å². The van der Waals surface area contributed by atoms with Gasteiger partial charge in [-0.05, 0) is 38.2 Å². The number of amides is 1. The molecule has 126 valence electrons. The van der Waals surface area contributed by atoms with E-state index in [9.17, 15) is 4.79 Å². The van der Waals surface area contributed by atoms with Crippen LogP contribution in [0.4, 0.5) is 5.82 Å². The monoisotopic (exact) mass is 327 g/mol. The molecular weight excluding hydrogens is 306 g/mol. The van der Waals surface area contributed by atoms with Gasteiger partial charge < -0.3 is 14.7 Å². The highest BCUT2D eigenvalue weighted by Gasteiger charge is 2.24. The lowest BCUT2D eigenvalue weighted by Gasteiger charge is -2.16. The fraction of sp³-hybridized carbons (Fsp3) is 0.529. The van der Waals surface area contributed by atoms with E-state index >= 15 is 0 Å². The first-order valence-electron chi connectivity index (χ1n) is 8.64. The van der Waals surface area contributed by atoms with Crippen LogP contribution in [0.2, 0.25) is 0 Å². The molecule has 1 aliphatic carbocycles. The number of carbonyl (C=O) groups excluding carboxylic acids is 1. The number of aryl methyl sites for hydroxylation is 1. The largest absolute Gasteiger partial charge is 0.360 e. The quantitative estimate of drug-likeness (QED) is 0.923. The van der Waals surface area contributed by atoms with Gasteiger partial charge in [0.25, 0.3) is 5.91 Å².